The van der Waals surface area contributed by atoms with Crippen molar-refractivity contribution in [3.63, 3.8) is 0 Å². The topological polar surface area (TPSA) is 49.3 Å². The van der Waals surface area contributed by atoms with Crippen LogP contribution < -0.4 is 5.32 Å². The standard InChI is InChI=1S/C17H17NO2/c1-13(11-17(20)14-7-3-2-4-8-14)18-16-10-6-5-9-15(16)12-19/h2-11,18-19H,12H2,1H3/b13-11-. The van der Waals surface area contributed by atoms with Gasteiger partial charge < -0.3 is 10.4 Å². The summed E-state index contributed by atoms with van der Waals surface area (Å²) in [5.41, 5.74) is 3.00. The second kappa shape index (κ2) is 6.68. The first-order chi connectivity index (χ1) is 9.70. The molecule has 0 aliphatic carbocycles. The number of allylic oxidation sites excluding steroid dienone is 2. The Morgan fingerprint density at radius 3 is 2.45 bits per heavy atom. The average molecular weight is 267 g/mol. The summed E-state index contributed by atoms with van der Waals surface area (Å²) in [6.07, 6.45) is 1.56. The second-order valence-corrected chi connectivity index (χ2v) is 4.50. The lowest BCUT2D eigenvalue weighted by Gasteiger charge is -2.10. The zero-order chi connectivity index (χ0) is 14.4. The summed E-state index contributed by atoms with van der Waals surface area (Å²) in [6.45, 7) is 1.79. The summed E-state index contributed by atoms with van der Waals surface area (Å²) in [7, 11) is 0. The maximum absolute atomic E-state index is 12.0. The molecule has 0 saturated carbocycles. The number of rotatable bonds is 5. The van der Waals surface area contributed by atoms with Gasteiger partial charge in [0.15, 0.2) is 5.78 Å². The molecule has 3 nitrogen and oxygen atoms in total. The third-order valence-electron chi connectivity index (χ3n) is 2.93. The first-order valence-electron chi connectivity index (χ1n) is 6.44. The van der Waals surface area contributed by atoms with E-state index in [9.17, 15) is 9.90 Å². The van der Waals surface area contributed by atoms with E-state index < -0.39 is 0 Å². The molecule has 2 aromatic carbocycles. The van der Waals surface area contributed by atoms with E-state index in [1.54, 1.807) is 18.2 Å². The molecule has 102 valence electrons. The van der Waals surface area contributed by atoms with Crippen molar-refractivity contribution in [2.75, 3.05) is 5.32 Å². The Hall–Kier alpha value is -2.39. The van der Waals surface area contributed by atoms with E-state index in [-0.39, 0.29) is 12.4 Å². The molecule has 20 heavy (non-hydrogen) atoms. The van der Waals surface area contributed by atoms with Crippen LogP contribution in [0.5, 0.6) is 0 Å². The lowest BCUT2D eigenvalue weighted by molar-refractivity contribution is 0.104. The molecule has 0 fully saturated rings. The average Bonchev–Trinajstić information content (AvgIpc) is 2.48. The second-order valence-electron chi connectivity index (χ2n) is 4.50. The van der Waals surface area contributed by atoms with Gasteiger partial charge in [-0.1, -0.05) is 48.5 Å². The van der Waals surface area contributed by atoms with E-state index in [1.807, 2.05) is 49.4 Å². The van der Waals surface area contributed by atoms with Gasteiger partial charge in [-0.25, -0.2) is 0 Å². The Balaban J connectivity index is 2.13. The highest BCUT2D eigenvalue weighted by molar-refractivity contribution is 6.05. The Morgan fingerprint density at radius 2 is 1.75 bits per heavy atom. The Morgan fingerprint density at radius 1 is 1.10 bits per heavy atom. The predicted octanol–water partition coefficient (Wildman–Crippen LogP) is 3.38. The van der Waals surface area contributed by atoms with Crippen LogP contribution >= 0.6 is 0 Å². The van der Waals surface area contributed by atoms with Crippen LogP contribution in [-0.4, -0.2) is 10.9 Å². The lowest BCUT2D eigenvalue weighted by Crippen LogP contribution is -2.03. The summed E-state index contributed by atoms with van der Waals surface area (Å²) in [5.74, 6) is -0.0444. The summed E-state index contributed by atoms with van der Waals surface area (Å²) < 4.78 is 0. The third kappa shape index (κ3) is 3.56. The number of aliphatic hydroxyl groups excluding tert-OH is 1. The van der Waals surface area contributed by atoms with Gasteiger partial charge in [-0.3, -0.25) is 4.79 Å². The fourth-order valence-electron chi connectivity index (χ4n) is 1.91. The van der Waals surface area contributed by atoms with Gasteiger partial charge in [0.05, 0.1) is 6.61 Å². The number of ketones is 1. The van der Waals surface area contributed by atoms with Crippen LogP contribution in [-0.2, 0) is 6.61 Å². The maximum Gasteiger partial charge on any atom is 0.187 e. The molecule has 0 aliphatic rings. The molecule has 0 bridgehead atoms. The molecule has 0 heterocycles. The van der Waals surface area contributed by atoms with Crippen LogP contribution in [0.1, 0.15) is 22.8 Å². The van der Waals surface area contributed by atoms with Crippen molar-refractivity contribution in [3.05, 3.63) is 77.5 Å². The molecule has 0 spiro atoms. The van der Waals surface area contributed by atoms with Crippen molar-refractivity contribution in [1.29, 1.82) is 0 Å². The van der Waals surface area contributed by atoms with Gasteiger partial charge in [-0.2, -0.15) is 0 Å². The molecular weight excluding hydrogens is 250 g/mol. The van der Waals surface area contributed by atoms with E-state index in [1.165, 1.54) is 0 Å². The number of benzene rings is 2. The molecule has 0 unspecified atom stereocenters. The van der Waals surface area contributed by atoms with E-state index in [4.69, 9.17) is 0 Å². The van der Waals surface area contributed by atoms with Crippen molar-refractivity contribution >= 4 is 11.5 Å². The van der Waals surface area contributed by atoms with Gasteiger partial charge in [0.25, 0.3) is 0 Å². The van der Waals surface area contributed by atoms with Crippen LogP contribution in [0.3, 0.4) is 0 Å². The highest BCUT2D eigenvalue weighted by atomic mass is 16.3. The maximum atomic E-state index is 12.0. The van der Waals surface area contributed by atoms with Gasteiger partial charge in [0.2, 0.25) is 0 Å². The smallest absolute Gasteiger partial charge is 0.187 e. The number of aliphatic hydroxyl groups is 1. The van der Waals surface area contributed by atoms with Gasteiger partial charge in [0.1, 0.15) is 0 Å². The molecule has 2 rings (SSSR count). The van der Waals surface area contributed by atoms with E-state index in [0.717, 1.165) is 16.9 Å². The van der Waals surface area contributed by atoms with E-state index in [0.29, 0.717) is 5.56 Å². The molecule has 2 N–H and O–H groups in total. The number of carbonyl (C=O) groups is 1. The van der Waals surface area contributed by atoms with E-state index in [2.05, 4.69) is 5.32 Å². The summed E-state index contributed by atoms with van der Waals surface area (Å²) in [5, 5.41) is 12.4. The van der Waals surface area contributed by atoms with Crippen LogP contribution in [0.2, 0.25) is 0 Å². The Bertz CT molecular complexity index is 618. The van der Waals surface area contributed by atoms with Gasteiger partial charge in [-0.05, 0) is 13.0 Å². The van der Waals surface area contributed by atoms with Gasteiger partial charge in [0, 0.05) is 28.6 Å². The minimum Gasteiger partial charge on any atom is -0.392 e. The first-order valence-corrected chi connectivity index (χ1v) is 6.44. The highest BCUT2D eigenvalue weighted by Crippen LogP contribution is 2.17. The quantitative estimate of drug-likeness (QED) is 0.645. The van der Waals surface area contributed by atoms with Crippen molar-refractivity contribution in [2.45, 2.75) is 13.5 Å². The zero-order valence-electron chi connectivity index (χ0n) is 11.3. The van der Waals surface area contributed by atoms with Gasteiger partial charge >= 0.3 is 0 Å². The Kier molecular flexibility index (Phi) is 4.69. The molecule has 0 aliphatic heterocycles. The number of hydrogen-bond acceptors (Lipinski definition) is 3. The number of para-hydroxylation sites is 1. The largest absolute Gasteiger partial charge is 0.392 e. The minimum absolute atomic E-state index is 0.0386. The predicted molar refractivity (Wildman–Crippen MR) is 80.5 cm³/mol. The molecule has 0 saturated heterocycles. The molecule has 3 heteroatoms. The molecule has 0 radical (unpaired) electrons. The zero-order valence-corrected chi connectivity index (χ0v) is 11.3. The number of carbonyl (C=O) groups excluding carboxylic acids is 1. The molecular formula is C17H17NO2. The third-order valence-corrected chi connectivity index (χ3v) is 2.93. The lowest BCUT2D eigenvalue weighted by atomic mass is 10.1. The van der Waals surface area contributed by atoms with Crippen LogP contribution in [0.25, 0.3) is 0 Å². The normalized spacial score (nSPS) is 11.2. The first kappa shape index (κ1) is 14.0. The fraction of sp³-hybridized carbons (Fsp3) is 0.118. The number of nitrogens with one attached hydrogen (secondary N) is 1. The van der Waals surface area contributed by atoms with E-state index >= 15 is 0 Å². The SMILES string of the molecule is C/C(=C/C(=O)c1ccccc1)Nc1ccccc1CO. The number of hydrogen-bond donors (Lipinski definition) is 2. The summed E-state index contributed by atoms with van der Waals surface area (Å²) in [6, 6.07) is 16.6. The van der Waals surface area contributed by atoms with Gasteiger partial charge in [-0.15, -0.1) is 0 Å². The van der Waals surface area contributed by atoms with Crippen LogP contribution in [0.4, 0.5) is 5.69 Å². The number of anilines is 1. The van der Waals surface area contributed by atoms with Crippen LogP contribution in [0.15, 0.2) is 66.4 Å². The summed E-state index contributed by atoms with van der Waals surface area (Å²) in [4.78, 5) is 12.0. The van der Waals surface area contributed by atoms with Crippen molar-refractivity contribution in [2.24, 2.45) is 0 Å². The van der Waals surface area contributed by atoms with Crippen molar-refractivity contribution in [1.82, 2.24) is 0 Å². The molecule has 0 atom stereocenters. The van der Waals surface area contributed by atoms with Crippen molar-refractivity contribution in [3.8, 4) is 0 Å². The summed E-state index contributed by atoms with van der Waals surface area (Å²) >= 11 is 0. The monoisotopic (exact) mass is 267 g/mol. The fourth-order valence-corrected chi connectivity index (χ4v) is 1.91. The molecule has 0 amide bonds. The Labute approximate surface area is 118 Å². The van der Waals surface area contributed by atoms with Crippen molar-refractivity contribution < 1.29 is 9.90 Å². The molecule has 2 aromatic rings. The highest BCUT2D eigenvalue weighted by Gasteiger charge is 2.04. The van der Waals surface area contributed by atoms with Crippen LogP contribution in [0, 0.1) is 0 Å². The molecule has 0 aromatic heterocycles. The minimum atomic E-state index is -0.0444.